The molecule has 0 aromatic heterocycles. The SMILES string of the molecule is COC(=O)N1CC(C)CC(CO)C1. The van der Waals surface area contributed by atoms with Crippen molar-refractivity contribution in [1.29, 1.82) is 0 Å². The predicted octanol–water partition coefficient (Wildman–Crippen LogP) is 0.703. The number of likely N-dealkylation sites (tertiary alicyclic amines) is 1. The number of methoxy groups -OCH3 is 1. The molecule has 1 heterocycles. The molecule has 2 atom stereocenters. The quantitative estimate of drug-likeness (QED) is 0.657. The molecule has 1 fully saturated rings. The van der Waals surface area contributed by atoms with Gasteiger partial charge < -0.3 is 14.7 Å². The second kappa shape index (κ2) is 4.46. The van der Waals surface area contributed by atoms with E-state index in [1.165, 1.54) is 7.11 Å². The third-order valence-corrected chi connectivity index (χ3v) is 2.44. The Morgan fingerprint density at radius 3 is 2.85 bits per heavy atom. The van der Waals surface area contributed by atoms with E-state index in [4.69, 9.17) is 5.11 Å². The first-order chi connectivity index (χ1) is 6.17. The summed E-state index contributed by atoms with van der Waals surface area (Å²) in [5, 5.41) is 9.00. The van der Waals surface area contributed by atoms with Gasteiger partial charge in [0, 0.05) is 25.6 Å². The minimum Gasteiger partial charge on any atom is -0.453 e. The fourth-order valence-corrected chi connectivity index (χ4v) is 1.89. The van der Waals surface area contributed by atoms with Crippen LogP contribution in [-0.2, 0) is 4.74 Å². The molecule has 0 bridgehead atoms. The number of hydrogen-bond acceptors (Lipinski definition) is 3. The lowest BCUT2D eigenvalue weighted by atomic mass is 9.91. The van der Waals surface area contributed by atoms with Crippen LogP contribution in [0.25, 0.3) is 0 Å². The Hall–Kier alpha value is -0.770. The Morgan fingerprint density at radius 2 is 2.31 bits per heavy atom. The van der Waals surface area contributed by atoms with Crippen LogP contribution in [0.2, 0.25) is 0 Å². The lowest BCUT2D eigenvalue weighted by molar-refractivity contribution is 0.0695. The smallest absolute Gasteiger partial charge is 0.409 e. The van der Waals surface area contributed by atoms with E-state index in [-0.39, 0.29) is 18.6 Å². The number of aliphatic hydroxyl groups is 1. The normalized spacial score (nSPS) is 28.7. The second-order valence-corrected chi connectivity index (χ2v) is 3.76. The van der Waals surface area contributed by atoms with Crippen molar-refractivity contribution in [3.05, 3.63) is 0 Å². The average Bonchev–Trinajstić information content (AvgIpc) is 2.15. The molecular weight excluding hydrogens is 170 g/mol. The van der Waals surface area contributed by atoms with Gasteiger partial charge in [0.25, 0.3) is 0 Å². The fraction of sp³-hybridized carbons (Fsp3) is 0.889. The van der Waals surface area contributed by atoms with E-state index in [2.05, 4.69) is 11.7 Å². The van der Waals surface area contributed by atoms with Crippen LogP contribution in [0.15, 0.2) is 0 Å². The highest BCUT2D eigenvalue weighted by Gasteiger charge is 2.27. The van der Waals surface area contributed by atoms with Crippen molar-refractivity contribution in [2.75, 3.05) is 26.8 Å². The number of carbonyl (C=O) groups excluding carboxylic acids is 1. The Bertz CT molecular complexity index is 184. The van der Waals surface area contributed by atoms with Gasteiger partial charge in [-0.25, -0.2) is 4.79 Å². The standard InChI is InChI=1S/C9H17NO3/c1-7-3-8(6-11)5-10(4-7)9(12)13-2/h7-8,11H,3-6H2,1-2H3. The van der Waals surface area contributed by atoms with Gasteiger partial charge in [0.05, 0.1) is 7.11 Å². The molecular formula is C9H17NO3. The van der Waals surface area contributed by atoms with Crippen LogP contribution in [0.5, 0.6) is 0 Å². The van der Waals surface area contributed by atoms with Crippen LogP contribution < -0.4 is 0 Å². The van der Waals surface area contributed by atoms with E-state index in [0.29, 0.717) is 12.5 Å². The van der Waals surface area contributed by atoms with E-state index in [9.17, 15) is 4.79 Å². The Kier molecular flexibility index (Phi) is 3.54. The van der Waals surface area contributed by atoms with Crippen molar-refractivity contribution in [3.8, 4) is 0 Å². The summed E-state index contributed by atoms with van der Waals surface area (Å²) in [6.45, 7) is 3.59. The molecule has 0 aromatic carbocycles. The second-order valence-electron chi connectivity index (χ2n) is 3.76. The van der Waals surface area contributed by atoms with Crippen LogP contribution in [0.1, 0.15) is 13.3 Å². The lowest BCUT2D eigenvalue weighted by Gasteiger charge is -2.34. The minimum atomic E-state index is -0.287. The van der Waals surface area contributed by atoms with Crippen molar-refractivity contribution >= 4 is 6.09 Å². The zero-order chi connectivity index (χ0) is 9.84. The number of nitrogens with zero attached hydrogens (tertiary/aromatic N) is 1. The number of amides is 1. The molecule has 0 aliphatic carbocycles. The maximum absolute atomic E-state index is 11.2. The van der Waals surface area contributed by atoms with E-state index >= 15 is 0 Å². The topological polar surface area (TPSA) is 49.8 Å². The maximum atomic E-state index is 11.2. The molecule has 1 saturated heterocycles. The van der Waals surface area contributed by atoms with E-state index < -0.39 is 0 Å². The number of rotatable bonds is 1. The van der Waals surface area contributed by atoms with Crippen molar-refractivity contribution in [2.45, 2.75) is 13.3 Å². The Balaban J connectivity index is 2.51. The highest BCUT2D eigenvalue weighted by Crippen LogP contribution is 2.21. The predicted molar refractivity (Wildman–Crippen MR) is 48.3 cm³/mol. The molecule has 13 heavy (non-hydrogen) atoms. The monoisotopic (exact) mass is 187 g/mol. The zero-order valence-corrected chi connectivity index (χ0v) is 8.19. The van der Waals surface area contributed by atoms with Gasteiger partial charge in [0.2, 0.25) is 0 Å². The van der Waals surface area contributed by atoms with Crippen molar-refractivity contribution in [2.24, 2.45) is 11.8 Å². The van der Waals surface area contributed by atoms with Crippen LogP contribution >= 0.6 is 0 Å². The minimum absolute atomic E-state index is 0.151. The van der Waals surface area contributed by atoms with Gasteiger partial charge in [-0.3, -0.25) is 0 Å². The van der Waals surface area contributed by atoms with Gasteiger partial charge in [-0.2, -0.15) is 0 Å². The van der Waals surface area contributed by atoms with Crippen molar-refractivity contribution in [1.82, 2.24) is 4.90 Å². The third-order valence-electron chi connectivity index (χ3n) is 2.44. The number of piperidine rings is 1. The van der Waals surface area contributed by atoms with Crippen molar-refractivity contribution in [3.63, 3.8) is 0 Å². The Labute approximate surface area is 78.5 Å². The molecule has 76 valence electrons. The molecule has 1 aliphatic rings. The first kappa shape index (κ1) is 10.3. The summed E-state index contributed by atoms with van der Waals surface area (Å²) in [5.74, 6) is 0.660. The molecule has 0 spiro atoms. The van der Waals surface area contributed by atoms with E-state index in [1.807, 2.05) is 0 Å². The maximum Gasteiger partial charge on any atom is 0.409 e. The average molecular weight is 187 g/mol. The summed E-state index contributed by atoms with van der Waals surface area (Å²) >= 11 is 0. The molecule has 4 nitrogen and oxygen atoms in total. The molecule has 1 aliphatic heterocycles. The van der Waals surface area contributed by atoms with Gasteiger partial charge in [0.1, 0.15) is 0 Å². The van der Waals surface area contributed by atoms with Crippen LogP contribution in [-0.4, -0.2) is 42.9 Å². The summed E-state index contributed by atoms with van der Waals surface area (Å²) in [4.78, 5) is 12.9. The van der Waals surface area contributed by atoms with Crippen LogP contribution in [0.3, 0.4) is 0 Å². The fourth-order valence-electron chi connectivity index (χ4n) is 1.89. The van der Waals surface area contributed by atoms with E-state index in [1.54, 1.807) is 4.90 Å². The first-order valence-electron chi connectivity index (χ1n) is 4.61. The van der Waals surface area contributed by atoms with Gasteiger partial charge in [0.15, 0.2) is 0 Å². The summed E-state index contributed by atoms with van der Waals surface area (Å²) < 4.78 is 4.64. The molecule has 0 aromatic rings. The van der Waals surface area contributed by atoms with Gasteiger partial charge in [-0.15, -0.1) is 0 Å². The molecule has 2 unspecified atom stereocenters. The molecule has 4 heteroatoms. The lowest BCUT2D eigenvalue weighted by Crippen LogP contribution is -2.44. The van der Waals surface area contributed by atoms with Crippen molar-refractivity contribution < 1.29 is 14.6 Å². The highest BCUT2D eigenvalue weighted by molar-refractivity contribution is 5.67. The largest absolute Gasteiger partial charge is 0.453 e. The molecule has 0 radical (unpaired) electrons. The third kappa shape index (κ3) is 2.59. The summed E-state index contributed by atoms with van der Waals surface area (Å²) in [6.07, 6.45) is 0.703. The molecule has 1 N–H and O–H groups in total. The Morgan fingerprint density at radius 1 is 1.62 bits per heavy atom. The molecule has 0 saturated carbocycles. The zero-order valence-electron chi connectivity index (χ0n) is 8.19. The number of ether oxygens (including phenoxy) is 1. The van der Waals surface area contributed by atoms with E-state index in [0.717, 1.165) is 13.0 Å². The van der Waals surface area contributed by atoms with Gasteiger partial charge >= 0.3 is 6.09 Å². The van der Waals surface area contributed by atoms with Gasteiger partial charge in [-0.1, -0.05) is 6.92 Å². The van der Waals surface area contributed by atoms with Gasteiger partial charge in [-0.05, 0) is 12.3 Å². The number of aliphatic hydroxyl groups excluding tert-OH is 1. The molecule has 1 amide bonds. The van der Waals surface area contributed by atoms with Crippen LogP contribution in [0, 0.1) is 11.8 Å². The number of hydrogen-bond donors (Lipinski definition) is 1. The number of carbonyl (C=O) groups is 1. The summed E-state index contributed by atoms with van der Waals surface area (Å²) in [5.41, 5.74) is 0. The summed E-state index contributed by atoms with van der Waals surface area (Å²) in [6, 6.07) is 0. The van der Waals surface area contributed by atoms with Crippen LogP contribution in [0.4, 0.5) is 4.79 Å². The molecule has 1 rings (SSSR count). The summed E-state index contributed by atoms with van der Waals surface area (Å²) in [7, 11) is 1.38. The highest BCUT2D eigenvalue weighted by atomic mass is 16.5. The first-order valence-corrected chi connectivity index (χ1v) is 4.61.